The van der Waals surface area contributed by atoms with E-state index < -0.39 is 0 Å². The van der Waals surface area contributed by atoms with Gasteiger partial charge in [0, 0.05) is 83.6 Å². The Hall–Kier alpha value is -8.28. The molecule has 4 heterocycles. The molecule has 2 aliphatic heterocycles. The minimum Gasteiger partial charge on any atom is -0.456 e. The summed E-state index contributed by atoms with van der Waals surface area (Å²) in [7, 11) is 0. The predicted octanol–water partition coefficient (Wildman–Crippen LogP) is 15.7. The van der Waals surface area contributed by atoms with Crippen LogP contribution in [-0.2, 0) is 6.42 Å². The molecule has 0 radical (unpaired) electrons. The van der Waals surface area contributed by atoms with Crippen molar-refractivity contribution in [3.05, 3.63) is 218 Å². The second kappa shape index (κ2) is 14.9. The molecule has 0 N–H and O–H groups in total. The van der Waals surface area contributed by atoms with Gasteiger partial charge in [-0.1, -0.05) is 159 Å². The normalized spacial score (nSPS) is 12.7. The summed E-state index contributed by atoms with van der Waals surface area (Å²) in [5, 5.41) is 7.32. The molecule has 0 atom stereocenters. The fourth-order valence-corrected chi connectivity index (χ4v) is 11.6. The predicted molar refractivity (Wildman–Crippen MR) is 283 cm³/mol. The topological polar surface area (TPSA) is 24.6 Å². The number of anilines is 6. The zero-order chi connectivity index (χ0) is 44.2. The Labute approximate surface area is 389 Å². The van der Waals surface area contributed by atoms with Gasteiger partial charge in [0.05, 0.1) is 5.69 Å². The van der Waals surface area contributed by atoms with E-state index in [0.29, 0.717) is 0 Å². The molecule has 67 heavy (non-hydrogen) atoms. The van der Waals surface area contributed by atoms with E-state index in [1.165, 1.54) is 76.7 Å². The van der Waals surface area contributed by atoms with Crippen LogP contribution in [0.5, 0.6) is 0 Å². The quantitative estimate of drug-likeness (QED) is 0.142. The van der Waals surface area contributed by atoms with Gasteiger partial charge in [0.25, 0.3) is 0 Å². The van der Waals surface area contributed by atoms with Gasteiger partial charge in [0.15, 0.2) is 0 Å². The number of hydrogen-bond donors (Lipinski definition) is 0. The van der Waals surface area contributed by atoms with E-state index >= 15 is 0 Å². The number of fused-ring (bicyclic) bond motifs is 13. The summed E-state index contributed by atoms with van der Waals surface area (Å²) >= 11 is 0. The third-order valence-electron chi connectivity index (χ3n) is 14.5. The summed E-state index contributed by atoms with van der Waals surface area (Å²) in [6, 6.07) is 78.4. The molecule has 0 saturated heterocycles. The molecule has 0 aliphatic carbocycles. The highest BCUT2D eigenvalue weighted by Gasteiger charge is 2.45. The van der Waals surface area contributed by atoms with Crippen LogP contribution in [0.3, 0.4) is 0 Å². The molecule has 0 amide bonds. The zero-order valence-electron chi connectivity index (χ0n) is 37.2. The van der Waals surface area contributed by atoms with Gasteiger partial charge in [-0.2, -0.15) is 0 Å². The molecule has 12 aromatic rings. The average molecular weight is 858 g/mol. The van der Waals surface area contributed by atoms with E-state index in [9.17, 15) is 0 Å². The Morgan fingerprint density at radius 3 is 1.97 bits per heavy atom. The summed E-state index contributed by atoms with van der Waals surface area (Å²) in [6.07, 6.45) is 3.33. The van der Waals surface area contributed by atoms with E-state index in [2.05, 4.69) is 234 Å². The van der Waals surface area contributed by atoms with Crippen LogP contribution in [0.1, 0.15) is 25.3 Å². The van der Waals surface area contributed by atoms with Crippen molar-refractivity contribution in [2.24, 2.45) is 0 Å². The molecule has 14 rings (SSSR count). The lowest BCUT2D eigenvalue weighted by Gasteiger charge is -2.42. The lowest BCUT2D eigenvalue weighted by molar-refractivity contribution is 0.669. The van der Waals surface area contributed by atoms with Crippen LogP contribution in [-0.4, -0.2) is 11.3 Å². The number of benzene rings is 10. The average Bonchev–Trinajstić information content (AvgIpc) is 3.94. The molecule has 2 aliphatic rings. The Bertz CT molecular complexity index is 3890. The Balaban J connectivity index is 1.17. The first-order valence-electron chi connectivity index (χ1n) is 23.7. The van der Waals surface area contributed by atoms with Crippen molar-refractivity contribution in [3.8, 4) is 22.3 Å². The molecular formula is C62H44BN3O. The van der Waals surface area contributed by atoms with Crippen molar-refractivity contribution < 1.29 is 4.42 Å². The second-order valence-corrected chi connectivity index (χ2v) is 18.2. The summed E-state index contributed by atoms with van der Waals surface area (Å²) in [6.45, 7) is 2.09. The molecule has 0 spiro atoms. The van der Waals surface area contributed by atoms with Crippen molar-refractivity contribution in [2.75, 3.05) is 9.80 Å². The van der Waals surface area contributed by atoms with E-state index in [-0.39, 0.29) is 6.85 Å². The Morgan fingerprint density at radius 1 is 0.493 bits per heavy atom. The molecule has 10 aromatic carbocycles. The van der Waals surface area contributed by atoms with Crippen LogP contribution in [0.25, 0.3) is 76.8 Å². The third kappa shape index (κ3) is 5.61. The summed E-state index contributed by atoms with van der Waals surface area (Å²) in [5.41, 5.74) is 19.8. The molecule has 0 fully saturated rings. The number of unbranched alkanes of at least 4 members (excludes halogenated alkanes) is 1. The number of aryl methyl sites for hydroxylation is 1. The van der Waals surface area contributed by atoms with Crippen molar-refractivity contribution in [3.63, 3.8) is 0 Å². The minimum atomic E-state index is -0.188. The van der Waals surface area contributed by atoms with Gasteiger partial charge < -0.3 is 18.7 Å². The molecule has 4 nitrogen and oxygen atoms in total. The monoisotopic (exact) mass is 857 g/mol. The zero-order valence-corrected chi connectivity index (χ0v) is 37.2. The highest BCUT2D eigenvalue weighted by molar-refractivity contribution is 6.90. The molecular weight excluding hydrogens is 814 g/mol. The molecule has 316 valence electrons. The SMILES string of the molecule is CCCCc1ccc(N2c3ccc(N(c4ccccc4)c4ccccc4)cc3B3c4c2cc2oc5ccccc5c2c4-c2cccc4c5ccc6ccccc6c5n3c24)c(-c2ccccc2)c1. The standard InChI is InChI=1S/C62H44BN3O/c1-2-3-18-40-31-35-53(51(37-40)41-19-7-4-8-20-41)65-54-36-33-45(64(43-22-9-5-10-23-43)44-24-11-6-12-25-44)38-52(54)63-60-55(65)39-57-58(49-27-15-16-30-56(49)67-57)59(60)50-29-17-28-47-48-34-32-42-21-13-14-26-46(42)61(48)66(63)62(47)50/h4-17,19-39H,2-3,18H2,1H3. The largest absolute Gasteiger partial charge is 0.456 e. The van der Waals surface area contributed by atoms with E-state index in [4.69, 9.17) is 4.42 Å². The van der Waals surface area contributed by atoms with Crippen molar-refractivity contribution in [2.45, 2.75) is 26.2 Å². The summed E-state index contributed by atoms with van der Waals surface area (Å²) in [5.74, 6) is 0. The first kappa shape index (κ1) is 38.0. The maximum absolute atomic E-state index is 6.98. The summed E-state index contributed by atoms with van der Waals surface area (Å²) in [4.78, 5) is 4.97. The smallest absolute Gasteiger partial charge is 0.333 e. The first-order chi connectivity index (χ1) is 33.2. The number of para-hydroxylation sites is 4. The number of rotatable bonds is 8. The Kier molecular flexibility index (Phi) is 8.45. The Morgan fingerprint density at radius 2 is 1.18 bits per heavy atom. The number of nitrogens with zero attached hydrogens (tertiary/aromatic N) is 3. The minimum absolute atomic E-state index is 0.188. The van der Waals surface area contributed by atoms with E-state index in [1.54, 1.807) is 0 Å². The van der Waals surface area contributed by atoms with Crippen molar-refractivity contribution in [1.29, 1.82) is 0 Å². The van der Waals surface area contributed by atoms with Gasteiger partial charge in [0.1, 0.15) is 11.2 Å². The van der Waals surface area contributed by atoms with Crippen LogP contribution in [0.15, 0.2) is 217 Å². The molecule has 0 saturated carbocycles. The van der Waals surface area contributed by atoms with E-state index in [0.717, 1.165) is 69.9 Å². The van der Waals surface area contributed by atoms with Crippen LogP contribution in [0, 0.1) is 0 Å². The number of aromatic nitrogens is 1. The van der Waals surface area contributed by atoms with Gasteiger partial charge in [-0.3, -0.25) is 0 Å². The van der Waals surface area contributed by atoms with Crippen LogP contribution >= 0.6 is 0 Å². The summed E-state index contributed by atoms with van der Waals surface area (Å²) < 4.78 is 9.69. The molecule has 5 heteroatoms. The molecule has 0 bridgehead atoms. The fourth-order valence-electron chi connectivity index (χ4n) is 11.6. The molecule has 0 unspecified atom stereocenters. The van der Waals surface area contributed by atoms with Gasteiger partial charge in [-0.25, -0.2) is 0 Å². The van der Waals surface area contributed by atoms with E-state index in [1.807, 2.05) is 0 Å². The second-order valence-electron chi connectivity index (χ2n) is 18.2. The number of hydrogen-bond acceptors (Lipinski definition) is 3. The fraction of sp³-hybridized carbons (Fsp3) is 0.0645. The molecule has 2 aromatic heterocycles. The number of furan rings is 1. The van der Waals surface area contributed by atoms with Crippen LogP contribution < -0.4 is 20.7 Å². The first-order valence-corrected chi connectivity index (χ1v) is 23.7. The van der Waals surface area contributed by atoms with Gasteiger partial charge in [-0.15, -0.1) is 0 Å². The van der Waals surface area contributed by atoms with Gasteiger partial charge in [-0.05, 0) is 107 Å². The third-order valence-corrected chi connectivity index (χ3v) is 14.5. The van der Waals surface area contributed by atoms with Crippen molar-refractivity contribution in [1.82, 2.24) is 4.48 Å². The van der Waals surface area contributed by atoms with Crippen LogP contribution in [0.2, 0.25) is 0 Å². The lowest BCUT2D eigenvalue weighted by Crippen LogP contribution is -2.56. The lowest BCUT2D eigenvalue weighted by atomic mass is 9.44. The van der Waals surface area contributed by atoms with Gasteiger partial charge in [0.2, 0.25) is 0 Å². The maximum atomic E-state index is 6.98. The highest BCUT2D eigenvalue weighted by atomic mass is 16.3. The van der Waals surface area contributed by atoms with Crippen molar-refractivity contribution >= 4 is 106 Å². The van der Waals surface area contributed by atoms with Gasteiger partial charge >= 0.3 is 6.85 Å². The maximum Gasteiger partial charge on any atom is 0.333 e. The highest BCUT2D eigenvalue weighted by Crippen LogP contribution is 2.52. The van der Waals surface area contributed by atoms with Crippen LogP contribution in [0.4, 0.5) is 34.1 Å².